The first kappa shape index (κ1) is 17.5. The lowest BCUT2D eigenvalue weighted by molar-refractivity contribution is 1.04. The molecule has 3 heterocycles. The summed E-state index contributed by atoms with van der Waals surface area (Å²) in [6, 6.07) is 34.9. The highest BCUT2D eigenvalue weighted by Gasteiger charge is 2.16. The molecule has 0 radical (unpaired) electrons. The van der Waals surface area contributed by atoms with Crippen molar-refractivity contribution in [3.8, 4) is 28.6 Å². The van der Waals surface area contributed by atoms with Crippen LogP contribution in [0.5, 0.6) is 0 Å². The first-order valence-electron chi connectivity index (χ1n) is 10.2. The molecule has 0 N–H and O–H groups in total. The van der Waals surface area contributed by atoms with Gasteiger partial charge in [-0.15, -0.1) is 0 Å². The Labute approximate surface area is 179 Å². The second kappa shape index (κ2) is 7.18. The van der Waals surface area contributed by atoms with Crippen LogP contribution < -0.4 is 0 Å². The molecule has 0 unspecified atom stereocenters. The number of para-hydroxylation sites is 2. The largest absolute Gasteiger partial charge is 0.294 e. The van der Waals surface area contributed by atoms with E-state index < -0.39 is 0 Å². The van der Waals surface area contributed by atoms with Crippen LogP contribution in [0.3, 0.4) is 0 Å². The van der Waals surface area contributed by atoms with Crippen LogP contribution in [0.25, 0.3) is 50.4 Å². The van der Waals surface area contributed by atoms with Crippen molar-refractivity contribution < 1.29 is 0 Å². The van der Waals surface area contributed by atoms with E-state index in [4.69, 9.17) is 9.97 Å². The van der Waals surface area contributed by atoms with E-state index in [1.807, 2.05) is 54.6 Å². The number of hydrogen-bond donors (Lipinski definition) is 0. The van der Waals surface area contributed by atoms with Crippen LogP contribution >= 0.6 is 0 Å². The average Bonchev–Trinajstić information content (AvgIpc) is 3.19. The molecule has 0 aliphatic carbocycles. The Kier molecular flexibility index (Phi) is 4.06. The summed E-state index contributed by atoms with van der Waals surface area (Å²) in [7, 11) is 0. The number of nitrogens with zero attached hydrogens (tertiary/aromatic N) is 4. The molecular weight excluding hydrogens is 380 g/mol. The van der Waals surface area contributed by atoms with Crippen molar-refractivity contribution in [2.45, 2.75) is 0 Å². The van der Waals surface area contributed by atoms with Crippen molar-refractivity contribution in [3.63, 3.8) is 0 Å². The fraction of sp³-hybridized carbons (Fsp3) is 0. The fourth-order valence-corrected chi connectivity index (χ4v) is 4.08. The molecule has 4 nitrogen and oxygen atoms in total. The Morgan fingerprint density at radius 1 is 0.548 bits per heavy atom. The van der Waals surface area contributed by atoms with E-state index in [9.17, 15) is 0 Å². The average molecular weight is 398 g/mol. The molecule has 31 heavy (non-hydrogen) atoms. The summed E-state index contributed by atoms with van der Waals surface area (Å²) in [6.07, 6.45) is 1.79. The molecule has 0 amide bonds. The van der Waals surface area contributed by atoms with Crippen molar-refractivity contribution in [3.05, 3.63) is 109 Å². The van der Waals surface area contributed by atoms with Gasteiger partial charge >= 0.3 is 0 Å². The predicted octanol–water partition coefficient (Wildman–Crippen LogP) is 6.30. The SMILES string of the molecule is c1ccc(-c2nc(-c3ccccn3)cc(-n3c4ccccc4c4ccccc43)n2)cc1. The lowest BCUT2D eigenvalue weighted by Gasteiger charge is -2.11. The molecule has 0 aliphatic rings. The molecule has 0 bridgehead atoms. The third-order valence-electron chi connectivity index (χ3n) is 5.48. The van der Waals surface area contributed by atoms with Crippen LogP contribution in [0.1, 0.15) is 0 Å². The predicted molar refractivity (Wildman–Crippen MR) is 125 cm³/mol. The maximum Gasteiger partial charge on any atom is 0.162 e. The number of pyridine rings is 1. The summed E-state index contributed by atoms with van der Waals surface area (Å²) in [5, 5.41) is 2.41. The number of fused-ring (bicyclic) bond motifs is 3. The highest BCUT2D eigenvalue weighted by molar-refractivity contribution is 6.09. The minimum atomic E-state index is 0.681. The number of rotatable bonds is 3. The topological polar surface area (TPSA) is 43.6 Å². The highest BCUT2D eigenvalue weighted by atomic mass is 15.1. The lowest BCUT2D eigenvalue weighted by atomic mass is 10.2. The van der Waals surface area contributed by atoms with Crippen molar-refractivity contribution in [1.29, 1.82) is 0 Å². The third kappa shape index (κ3) is 2.97. The van der Waals surface area contributed by atoms with Gasteiger partial charge in [0.15, 0.2) is 5.82 Å². The Morgan fingerprint density at radius 3 is 1.87 bits per heavy atom. The molecule has 6 aromatic rings. The number of hydrogen-bond acceptors (Lipinski definition) is 3. The molecule has 3 aromatic carbocycles. The zero-order valence-corrected chi connectivity index (χ0v) is 16.7. The van der Waals surface area contributed by atoms with Crippen LogP contribution in [-0.2, 0) is 0 Å². The zero-order valence-electron chi connectivity index (χ0n) is 16.7. The van der Waals surface area contributed by atoms with E-state index in [1.54, 1.807) is 6.20 Å². The Bertz CT molecular complexity index is 1410. The second-order valence-electron chi connectivity index (χ2n) is 7.39. The van der Waals surface area contributed by atoms with Gasteiger partial charge in [-0.3, -0.25) is 9.55 Å². The van der Waals surface area contributed by atoms with Crippen LogP contribution in [0.15, 0.2) is 109 Å². The quantitative estimate of drug-likeness (QED) is 0.351. The highest BCUT2D eigenvalue weighted by Crippen LogP contribution is 2.32. The van der Waals surface area contributed by atoms with Gasteiger partial charge in [-0.25, -0.2) is 9.97 Å². The Balaban J connectivity index is 1.69. The van der Waals surface area contributed by atoms with Gasteiger partial charge in [-0.1, -0.05) is 72.8 Å². The first-order valence-corrected chi connectivity index (χ1v) is 10.2. The lowest BCUT2D eigenvalue weighted by Crippen LogP contribution is -2.02. The molecule has 4 heteroatoms. The molecule has 0 saturated heterocycles. The number of benzene rings is 3. The third-order valence-corrected chi connectivity index (χ3v) is 5.48. The Hall–Kier alpha value is -4.31. The van der Waals surface area contributed by atoms with E-state index in [1.165, 1.54) is 10.8 Å². The molecule has 0 fully saturated rings. The number of aromatic nitrogens is 4. The minimum Gasteiger partial charge on any atom is -0.294 e. The van der Waals surface area contributed by atoms with E-state index >= 15 is 0 Å². The first-order chi connectivity index (χ1) is 15.4. The summed E-state index contributed by atoms with van der Waals surface area (Å²) >= 11 is 0. The van der Waals surface area contributed by atoms with Crippen LogP contribution in [0.4, 0.5) is 0 Å². The summed E-state index contributed by atoms with van der Waals surface area (Å²) in [4.78, 5) is 14.4. The summed E-state index contributed by atoms with van der Waals surface area (Å²) in [5.41, 5.74) is 4.83. The monoisotopic (exact) mass is 398 g/mol. The standard InChI is InChI=1S/C27H18N4/c1-2-10-19(11-3-1)27-29-23(22-14-8-9-17-28-22)18-26(30-27)31-24-15-6-4-12-20(24)21-13-5-7-16-25(21)31/h1-18H. The van der Waals surface area contributed by atoms with E-state index in [2.05, 4.69) is 58.1 Å². The van der Waals surface area contributed by atoms with Gasteiger partial charge in [0.05, 0.1) is 22.4 Å². The van der Waals surface area contributed by atoms with Crippen LogP contribution in [0.2, 0.25) is 0 Å². The molecule has 0 aliphatic heterocycles. The fourth-order valence-electron chi connectivity index (χ4n) is 4.08. The van der Waals surface area contributed by atoms with Gasteiger partial charge in [-0.2, -0.15) is 0 Å². The Morgan fingerprint density at radius 2 is 1.19 bits per heavy atom. The van der Waals surface area contributed by atoms with Gasteiger partial charge in [0.1, 0.15) is 5.82 Å². The molecular formula is C27H18N4. The minimum absolute atomic E-state index is 0.681. The molecule has 0 spiro atoms. The molecule has 0 atom stereocenters. The van der Waals surface area contributed by atoms with Gasteiger partial charge < -0.3 is 0 Å². The van der Waals surface area contributed by atoms with E-state index in [0.29, 0.717) is 5.82 Å². The molecule has 3 aromatic heterocycles. The molecule has 0 saturated carbocycles. The summed E-state index contributed by atoms with van der Waals surface area (Å²) in [5.74, 6) is 1.51. The molecule has 146 valence electrons. The summed E-state index contributed by atoms with van der Waals surface area (Å²) in [6.45, 7) is 0. The van der Waals surface area contributed by atoms with E-state index in [-0.39, 0.29) is 0 Å². The smallest absolute Gasteiger partial charge is 0.162 e. The maximum absolute atomic E-state index is 5.00. The van der Waals surface area contributed by atoms with Crippen LogP contribution in [0, 0.1) is 0 Å². The zero-order chi connectivity index (χ0) is 20.6. The maximum atomic E-state index is 5.00. The van der Waals surface area contributed by atoms with Gasteiger partial charge in [0.25, 0.3) is 0 Å². The second-order valence-corrected chi connectivity index (χ2v) is 7.39. The van der Waals surface area contributed by atoms with Gasteiger partial charge in [0.2, 0.25) is 0 Å². The van der Waals surface area contributed by atoms with Crippen molar-refractivity contribution in [2.24, 2.45) is 0 Å². The normalized spacial score (nSPS) is 11.2. The van der Waals surface area contributed by atoms with Gasteiger partial charge in [-0.05, 0) is 24.3 Å². The van der Waals surface area contributed by atoms with Crippen molar-refractivity contribution in [1.82, 2.24) is 19.5 Å². The van der Waals surface area contributed by atoms with E-state index in [0.717, 1.165) is 33.8 Å². The summed E-state index contributed by atoms with van der Waals surface area (Å²) < 4.78 is 2.21. The van der Waals surface area contributed by atoms with Crippen LogP contribution in [-0.4, -0.2) is 19.5 Å². The van der Waals surface area contributed by atoms with Gasteiger partial charge in [0, 0.05) is 28.6 Å². The molecule has 6 rings (SSSR count). The van der Waals surface area contributed by atoms with Crippen molar-refractivity contribution in [2.75, 3.05) is 0 Å². The van der Waals surface area contributed by atoms with Crippen molar-refractivity contribution >= 4 is 21.8 Å².